The van der Waals surface area contributed by atoms with Crippen molar-refractivity contribution in [1.82, 2.24) is 4.57 Å². The van der Waals surface area contributed by atoms with Gasteiger partial charge in [-0.25, -0.2) is 4.79 Å². The number of benzene rings is 1. The van der Waals surface area contributed by atoms with E-state index in [4.69, 9.17) is 28.8 Å². The Morgan fingerprint density at radius 3 is 2.52 bits per heavy atom. The van der Waals surface area contributed by atoms with Gasteiger partial charge < -0.3 is 33.4 Å². The van der Waals surface area contributed by atoms with Crippen LogP contribution in [0.25, 0.3) is 10.9 Å². The molecule has 0 amide bonds. The van der Waals surface area contributed by atoms with E-state index in [1.807, 2.05) is 30.5 Å². The average Bonchev–Trinajstić information content (AvgIpc) is 3.02. The highest BCUT2D eigenvalue weighted by Crippen LogP contribution is 2.38. The Balaban J connectivity index is 2.47. The second-order valence-electron chi connectivity index (χ2n) is 7.47. The predicted octanol–water partition coefficient (Wildman–Crippen LogP) is 4.34. The summed E-state index contributed by atoms with van der Waals surface area (Å²) in [5, 5.41) is 9.62. The fourth-order valence-electron chi connectivity index (χ4n) is 3.59. The first kappa shape index (κ1) is 26.5. The third-order valence-corrected chi connectivity index (χ3v) is 5.15. The molecule has 0 aliphatic carbocycles. The minimum atomic E-state index is -0.859. The smallest absolute Gasteiger partial charge is 0.493 e. The largest absolute Gasteiger partial charge is 0.513 e. The normalized spacial score (nSPS) is 11.0. The number of hydrogen-bond donors (Lipinski definition) is 1. The summed E-state index contributed by atoms with van der Waals surface area (Å²) in [5.74, 6) is 0.194. The molecule has 0 saturated heterocycles. The van der Waals surface area contributed by atoms with Crippen molar-refractivity contribution in [3.05, 3.63) is 23.4 Å². The van der Waals surface area contributed by atoms with Crippen molar-refractivity contribution >= 4 is 23.0 Å². The van der Waals surface area contributed by atoms with Gasteiger partial charge in [-0.15, -0.1) is 0 Å². The fourth-order valence-corrected chi connectivity index (χ4v) is 3.59. The number of aromatic nitrogens is 1. The van der Waals surface area contributed by atoms with Crippen LogP contribution in [0.4, 0.5) is 4.79 Å². The molecule has 1 heterocycles. The lowest BCUT2D eigenvalue weighted by atomic mass is 10.1. The van der Waals surface area contributed by atoms with E-state index in [-0.39, 0.29) is 19.6 Å². The van der Waals surface area contributed by atoms with Crippen molar-refractivity contribution < 1.29 is 38.4 Å². The van der Waals surface area contributed by atoms with Gasteiger partial charge in [0, 0.05) is 38.7 Å². The molecule has 2 rings (SSSR count). The van der Waals surface area contributed by atoms with Crippen LogP contribution < -0.4 is 9.47 Å². The van der Waals surface area contributed by atoms with E-state index >= 15 is 0 Å². The summed E-state index contributed by atoms with van der Waals surface area (Å²) in [4.78, 5) is 22.9. The number of carboxylic acid groups (broad SMARTS) is 1. The molecule has 33 heavy (non-hydrogen) atoms. The Kier molecular flexibility index (Phi) is 11.0. The minimum absolute atomic E-state index is 0.0334. The number of hydrogen-bond acceptors (Lipinski definition) is 7. The molecule has 1 aromatic heterocycles. The van der Waals surface area contributed by atoms with Crippen LogP contribution in [-0.2, 0) is 32.0 Å². The van der Waals surface area contributed by atoms with Crippen LogP contribution in [0.5, 0.6) is 11.5 Å². The highest BCUT2D eigenvalue weighted by atomic mass is 16.7. The van der Waals surface area contributed by atoms with Gasteiger partial charge in [0.15, 0.2) is 5.75 Å². The number of carboxylic acids is 1. The molecule has 1 N–H and O–H groups in total. The molecular formula is C24H35NO8. The van der Waals surface area contributed by atoms with E-state index < -0.39 is 12.1 Å². The lowest BCUT2D eigenvalue weighted by Crippen LogP contribution is -2.11. The van der Waals surface area contributed by atoms with Gasteiger partial charge in [0.1, 0.15) is 5.75 Å². The number of ether oxygens (including phenoxy) is 5. The zero-order valence-electron chi connectivity index (χ0n) is 20.0. The number of rotatable bonds is 15. The number of nitrogens with zero attached hydrogens (tertiary/aromatic N) is 1. The molecule has 0 spiro atoms. The highest BCUT2D eigenvalue weighted by molar-refractivity contribution is 5.92. The zero-order valence-corrected chi connectivity index (χ0v) is 20.0. The van der Waals surface area contributed by atoms with Gasteiger partial charge in [-0.1, -0.05) is 0 Å². The number of carbonyl (C=O) groups is 2. The Labute approximate surface area is 194 Å². The first-order valence-electron chi connectivity index (χ1n) is 11.3. The summed E-state index contributed by atoms with van der Waals surface area (Å²) in [6.07, 6.45) is 1.20. The van der Waals surface area contributed by atoms with Crippen LogP contribution >= 0.6 is 0 Å². The maximum Gasteiger partial charge on any atom is 0.513 e. The SMILES string of the molecule is CCOCCCc1cc2c(cc1OCCCC(=O)O)c(OC(=O)OCC)c(C)n2CCOC. The summed E-state index contributed by atoms with van der Waals surface area (Å²) in [7, 11) is 1.64. The monoisotopic (exact) mass is 465 g/mol. The van der Waals surface area contributed by atoms with E-state index in [9.17, 15) is 9.59 Å². The van der Waals surface area contributed by atoms with Gasteiger partial charge >= 0.3 is 12.1 Å². The average molecular weight is 466 g/mol. The van der Waals surface area contributed by atoms with Crippen LogP contribution in [0.1, 0.15) is 44.4 Å². The summed E-state index contributed by atoms with van der Waals surface area (Å²) in [5.41, 5.74) is 2.66. The van der Waals surface area contributed by atoms with Crippen molar-refractivity contribution in [2.24, 2.45) is 0 Å². The molecule has 0 aliphatic rings. The van der Waals surface area contributed by atoms with Gasteiger partial charge in [0.2, 0.25) is 0 Å². The Hall–Kier alpha value is -2.78. The standard InChI is InChI=1S/C24H35NO8/c1-5-30-12-7-9-18-15-20-19(16-21(18)32-13-8-10-22(26)27)23(33-24(28)31-6-2)17(3)25(20)11-14-29-4/h15-16H,5-14H2,1-4H3,(H,26,27). The fraction of sp³-hybridized carbons (Fsp3) is 0.583. The highest BCUT2D eigenvalue weighted by Gasteiger charge is 2.21. The van der Waals surface area contributed by atoms with Gasteiger partial charge in [0.05, 0.1) is 31.0 Å². The summed E-state index contributed by atoms with van der Waals surface area (Å²) < 4.78 is 29.3. The Morgan fingerprint density at radius 2 is 1.85 bits per heavy atom. The van der Waals surface area contributed by atoms with Crippen LogP contribution in [-0.4, -0.2) is 61.9 Å². The van der Waals surface area contributed by atoms with Crippen LogP contribution in [0.3, 0.4) is 0 Å². The van der Waals surface area contributed by atoms with Gasteiger partial charge in [-0.2, -0.15) is 0 Å². The van der Waals surface area contributed by atoms with Gasteiger partial charge in [-0.05, 0) is 57.7 Å². The number of fused-ring (bicyclic) bond motifs is 1. The quantitative estimate of drug-likeness (QED) is 0.306. The number of aliphatic carboxylic acids is 1. The number of methoxy groups -OCH3 is 1. The molecule has 0 bridgehead atoms. The molecule has 0 saturated carbocycles. The second-order valence-corrected chi connectivity index (χ2v) is 7.47. The number of carbonyl (C=O) groups excluding carboxylic acids is 1. The summed E-state index contributed by atoms with van der Waals surface area (Å²) >= 11 is 0. The van der Waals surface area contributed by atoms with E-state index in [0.717, 1.165) is 35.0 Å². The van der Waals surface area contributed by atoms with Gasteiger partial charge in [0.25, 0.3) is 0 Å². The molecule has 9 heteroatoms. The first-order valence-corrected chi connectivity index (χ1v) is 11.3. The molecular weight excluding hydrogens is 430 g/mol. The molecule has 0 aliphatic heterocycles. The lowest BCUT2D eigenvalue weighted by Gasteiger charge is -2.14. The molecule has 2 aromatic rings. The summed E-state index contributed by atoms with van der Waals surface area (Å²) in [6.45, 7) is 8.41. The topological polar surface area (TPSA) is 105 Å². The Morgan fingerprint density at radius 1 is 1.06 bits per heavy atom. The van der Waals surface area contributed by atoms with E-state index in [0.29, 0.717) is 44.3 Å². The van der Waals surface area contributed by atoms with Gasteiger partial charge in [-0.3, -0.25) is 4.79 Å². The van der Waals surface area contributed by atoms with Crippen molar-refractivity contribution in [1.29, 1.82) is 0 Å². The van der Waals surface area contributed by atoms with E-state index in [2.05, 4.69) is 0 Å². The predicted molar refractivity (Wildman–Crippen MR) is 123 cm³/mol. The maximum absolute atomic E-state index is 12.1. The lowest BCUT2D eigenvalue weighted by molar-refractivity contribution is -0.137. The van der Waals surface area contributed by atoms with Crippen molar-refractivity contribution in [2.75, 3.05) is 40.1 Å². The summed E-state index contributed by atoms with van der Waals surface area (Å²) in [6, 6.07) is 3.89. The van der Waals surface area contributed by atoms with Crippen molar-refractivity contribution in [3.63, 3.8) is 0 Å². The third-order valence-electron chi connectivity index (χ3n) is 5.15. The van der Waals surface area contributed by atoms with E-state index in [1.54, 1.807) is 14.0 Å². The molecule has 0 fully saturated rings. The van der Waals surface area contributed by atoms with Crippen molar-refractivity contribution in [2.45, 2.75) is 53.0 Å². The van der Waals surface area contributed by atoms with Crippen molar-refractivity contribution in [3.8, 4) is 11.5 Å². The van der Waals surface area contributed by atoms with E-state index in [1.165, 1.54) is 0 Å². The first-order chi connectivity index (χ1) is 15.9. The number of aryl methyl sites for hydroxylation is 1. The molecule has 1 aromatic carbocycles. The maximum atomic E-state index is 12.1. The molecule has 0 atom stereocenters. The zero-order chi connectivity index (χ0) is 24.2. The van der Waals surface area contributed by atoms with Crippen LogP contribution in [0, 0.1) is 6.92 Å². The third kappa shape index (κ3) is 7.64. The van der Waals surface area contributed by atoms with Crippen LogP contribution in [0.2, 0.25) is 0 Å². The Bertz CT molecular complexity index is 921. The molecule has 0 unspecified atom stereocenters. The molecule has 9 nitrogen and oxygen atoms in total. The molecule has 184 valence electrons. The second kappa shape index (κ2) is 13.7. The molecule has 0 radical (unpaired) electrons. The van der Waals surface area contributed by atoms with Crippen LogP contribution in [0.15, 0.2) is 12.1 Å². The minimum Gasteiger partial charge on any atom is -0.493 e.